The van der Waals surface area contributed by atoms with Crippen LogP contribution in [0.4, 0.5) is 0 Å². The molecule has 17 heavy (non-hydrogen) atoms. The highest BCUT2D eigenvalue weighted by atomic mass is 32.2. The minimum absolute atomic E-state index is 0.502. The Bertz CT molecular complexity index is 535. The number of aromatic nitrogens is 1. The summed E-state index contributed by atoms with van der Waals surface area (Å²) < 4.78 is 5.17. The fraction of sp³-hybridized carbons (Fsp3) is 0.0833. The quantitative estimate of drug-likeness (QED) is 0.797. The molecule has 84 valence electrons. The van der Waals surface area contributed by atoms with Gasteiger partial charge in [-0.3, -0.25) is 0 Å². The summed E-state index contributed by atoms with van der Waals surface area (Å²) in [5.41, 5.74) is 1.96. The summed E-state index contributed by atoms with van der Waals surface area (Å²) in [6.45, 7) is 0.502. The number of benzene rings is 1. The lowest BCUT2D eigenvalue weighted by molar-refractivity contribution is -0.378. The van der Waals surface area contributed by atoms with Gasteiger partial charge in [-0.1, -0.05) is 17.8 Å². The summed E-state index contributed by atoms with van der Waals surface area (Å²) >= 11 is 1.67. The standard InChI is InChI=1S/C12H10BNO2S/c15-13-12-7-11(2-1-9(12)8-16-13)17-10-3-5-14-6-4-10/h1-7,15H,8H2/p+1. The van der Waals surface area contributed by atoms with Crippen LogP contribution in [0, 0.1) is 0 Å². The third-order valence-electron chi connectivity index (χ3n) is 2.70. The molecule has 3 nitrogen and oxygen atoms in total. The molecule has 0 unspecified atom stereocenters. The Morgan fingerprint density at radius 2 is 2.00 bits per heavy atom. The van der Waals surface area contributed by atoms with Crippen LogP contribution in [0.5, 0.6) is 0 Å². The van der Waals surface area contributed by atoms with Crippen molar-refractivity contribution in [3.8, 4) is 0 Å². The predicted octanol–water partition coefficient (Wildman–Crippen LogP) is 0.870. The maximum Gasteiger partial charge on any atom is 0.491 e. The first kappa shape index (κ1) is 10.8. The summed E-state index contributed by atoms with van der Waals surface area (Å²) in [5, 5.41) is 9.64. The normalized spacial score (nSPS) is 13.8. The molecule has 1 aromatic carbocycles. The smallest absolute Gasteiger partial charge is 0.423 e. The average Bonchev–Trinajstić information content (AvgIpc) is 2.73. The van der Waals surface area contributed by atoms with E-state index in [4.69, 9.17) is 4.65 Å². The van der Waals surface area contributed by atoms with Gasteiger partial charge in [0.25, 0.3) is 0 Å². The number of rotatable bonds is 2. The van der Waals surface area contributed by atoms with Crippen molar-refractivity contribution in [1.82, 2.24) is 0 Å². The van der Waals surface area contributed by atoms with Crippen LogP contribution >= 0.6 is 11.8 Å². The lowest BCUT2D eigenvalue weighted by atomic mass is 9.80. The van der Waals surface area contributed by atoms with Crippen LogP contribution in [0.3, 0.4) is 0 Å². The minimum Gasteiger partial charge on any atom is -0.423 e. The van der Waals surface area contributed by atoms with Crippen molar-refractivity contribution < 1.29 is 14.7 Å². The first-order valence-corrected chi connectivity index (χ1v) is 6.21. The van der Waals surface area contributed by atoms with Crippen LogP contribution in [-0.2, 0) is 11.3 Å². The number of aromatic amines is 1. The van der Waals surface area contributed by atoms with Crippen molar-refractivity contribution in [2.75, 3.05) is 0 Å². The fourth-order valence-corrected chi connectivity index (χ4v) is 2.70. The zero-order valence-electron chi connectivity index (χ0n) is 9.09. The van der Waals surface area contributed by atoms with Gasteiger partial charge < -0.3 is 9.68 Å². The third-order valence-corrected chi connectivity index (χ3v) is 3.70. The van der Waals surface area contributed by atoms with Gasteiger partial charge in [0, 0.05) is 21.9 Å². The van der Waals surface area contributed by atoms with Crippen LogP contribution < -0.4 is 10.4 Å². The van der Waals surface area contributed by atoms with Crippen molar-refractivity contribution in [2.45, 2.75) is 16.4 Å². The molecule has 0 amide bonds. The summed E-state index contributed by atoms with van der Waals surface area (Å²) in [6, 6.07) is 10.1. The van der Waals surface area contributed by atoms with Crippen molar-refractivity contribution in [1.29, 1.82) is 0 Å². The summed E-state index contributed by atoms with van der Waals surface area (Å²) in [5.74, 6) is 0. The molecule has 0 radical (unpaired) electrons. The molecule has 0 bridgehead atoms. The second-order valence-corrected chi connectivity index (χ2v) is 5.01. The number of H-pyrrole nitrogens is 1. The topological polar surface area (TPSA) is 43.6 Å². The molecule has 0 saturated carbocycles. The molecular weight excluding hydrogens is 233 g/mol. The molecule has 2 aromatic rings. The van der Waals surface area contributed by atoms with Gasteiger partial charge in [0.05, 0.1) is 6.61 Å². The Hall–Kier alpha value is -1.30. The van der Waals surface area contributed by atoms with Gasteiger partial charge in [-0.15, -0.1) is 0 Å². The summed E-state index contributed by atoms with van der Waals surface area (Å²) in [7, 11) is -0.769. The molecule has 0 atom stereocenters. The number of hydrogen-bond donors (Lipinski definition) is 1. The van der Waals surface area contributed by atoms with Crippen molar-refractivity contribution in [2.24, 2.45) is 0 Å². The van der Waals surface area contributed by atoms with E-state index in [1.54, 1.807) is 11.8 Å². The number of hydrogen-bond acceptors (Lipinski definition) is 3. The minimum atomic E-state index is -0.769. The maximum absolute atomic E-state index is 9.64. The fourth-order valence-electron chi connectivity index (χ4n) is 1.83. The van der Waals surface area contributed by atoms with E-state index in [9.17, 15) is 5.02 Å². The van der Waals surface area contributed by atoms with Crippen LogP contribution in [0.15, 0.2) is 52.5 Å². The largest absolute Gasteiger partial charge is 0.491 e. The zero-order valence-corrected chi connectivity index (χ0v) is 9.91. The van der Waals surface area contributed by atoms with Crippen LogP contribution in [0.1, 0.15) is 5.56 Å². The number of nitrogens with one attached hydrogen (secondary N) is 1. The molecule has 0 aliphatic carbocycles. The highest BCUT2D eigenvalue weighted by Gasteiger charge is 2.27. The maximum atomic E-state index is 9.64. The van der Waals surface area contributed by atoms with E-state index in [0.717, 1.165) is 20.8 Å². The second kappa shape index (κ2) is 4.53. The van der Waals surface area contributed by atoms with Crippen molar-refractivity contribution in [3.63, 3.8) is 0 Å². The molecule has 1 aromatic heterocycles. The lowest BCUT2D eigenvalue weighted by Gasteiger charge is -2.03. The van der Waals surface area contributed by atoms with Gasteiger partial charge in [-0.2, -0.15) is 0 Å². The Balaban J connectivity index is 1.88. The molecule has 0 fully saturated rings. The van der Waals surface area contributed by atoms with Gasteiger partial charge in [-0.05, 0) is 23.2 Å². The molecule has 0 spiro atoms. The Labute approximate surface area is 104 Å². The van der Waals surface area contributed by atoms with Crippen LogP contribution in [-0.4, -0.2) is 12.1 Å². The van der Waals surface area contributed by atoms with Crippen LogP contribution in [0.25, 0.3) is 0 Å². The van der Waals surface area contributed by atoms with E-state index in [1.807, 2.05) is 36.7 Å². The molecule has 3 rings (SSSR count). The van der Waals surface area contributed by atoms with Gasteiger partial charge in [-0.25, -0.2) is 4.98 Å². The van der Waals surface area contributed by atoms with Gasteiger partial charge in [0.2, 0.25) is 0 Å². The molecule has 5 heteroatoms. The number of fused-ring (bicyclic) bond motifs is 1. The molecule has 1 aliphatic rings. The molecule has 2 heterocycles. The van der Waals surface area contributed by atoms with E-state index in [0.29, 0.717) is 6.61 Å². The molecular formula is C12H11BNO2S+. The first-order chi connectivity index (χ1) is 8.33. The lowest BCUT2D eigenvalue weighted by Crippen LogP contribution is -2.27. The Morgan fingerprint density at radius 3 is 2.82 bits per heavy atom. The Morgan fingerprint density at radius 1 is 1.18 bits per heavy atom. The predicted molar refractivity (Wildman–Crippen MR) is 66.0 cm³/mol. The van der Waals surface area contributed by atoms with Crippen molar-refractivity contribution in [3.05, 3.63) is 48.3 Å². The van der Waals surface area contributed by atoms with E-state index in [1.165, 1.54) is 0 Å². The third kappa shape index (κ3) is 2.22. The van der Waals surface area contributed by atoms with Crippen molar-refractivity contribution >= 4 is 24.3 Å². The SMILES string of the molecule is OB1OCc2ccc(Sc3cc[nH+]cc3)cc21. The zero-order chi connectivity index (χ0) is 11.7. The van der Waals surface area contributed by atoms with E-state index < -0.39 is 7.12 Å². The van der Waals surface area contributed by atoms with Crippen LogP contribution in [0.2, 0.25) is 0 Å². The first-order valence-electron chi connectivity index (χ1n) is 5.39. The molecule has 0 saturated heterocycles. The average molecular weight is 244 g/mol. The number of pyridine rings is 1. The van der Waals surface area contributed by atoms with Gasteiger partial charge >= 0.3 is 7.12 Å². The monoisotopic (exact) mass is 244 g/mol. The highest BCUT2D eigenvalue weighted by molar-refractivity contribution is 7.99. The van der Waals surface area contributed by atoms with Gasteiger partial charge in [0.15, 0.2) is 12.4 Å². The summed E-state index contributed by atoms with van der Waals surface area (Å²) in [6.07, 6.45) is 3.79. The molecule has 2 N–H and O–H groups in total. The van der Waals surface area contributed by atoms with E-state index in [-0.39, 0.29) is 0 Å². The Kier molecular flexibility index (Phi) is 2.88. The van der Waals surface area contributed by atoms with Gasteiger partial charge in [0.1, 0.15) is 0 Å². The molecule has 1 aliphatic heterocycles. The summed E-state index contributed by atoms with van der Waals surface area (Å²) in [4.78, 5) is 5.27. The van der Waals surface area contributed by atoms with E-state index >= 15 is 0 Å². The van der Waals surface area contributed by atoms with E-state index in [2.05, 4.69) is 11.1 Å². The second-order valence-electron chi connectivity index (χ2n) is 3.86. The highest BCUT2D eigenvalue weighted by Crippen LogP contribution is 2.27.